The summed E-state index contributed by atoms with van der Waals surface area (Å²) >= 11 is 0. The van der Waals surface area contributed by atoms with Gasteiger partial charge in [0.25, 0.3) is 5.91 Å². The van der Waals surface area contributed by atoms with Crippen molar-refractivity contribution in [1.29, 1.82) is 0 Å². The molecule has 0 aliphatic heterocycles. The van der Waals surface area contributed by atoms with Gasteiger partial charge in [-0.05, 0) is 63.4 Å². The third-order valence-electron chi connectivity index (χ3n) is 4.26. The molecule has 2 rings (SSSR count). The Labute approximate surface area is 120 Å². The summed E-state index contributed by atoms with van der Waals surface area (Å²) in [5, 5.41) is 3.29. The summed E-state index contributed by atoms with van der Waals surface area (Å²) in [6.45, 7) is 1.80. The number of carbonyl (C=O) groups is 1. The number of benzene rings is 1. The molecule has 20 heavy (non-hydrogen) atoms. The maximum atomic E-state index is 13.4. The number of aryl methyl sites for hydroxylation is 1. The number of rotatable bonds is 3. The lowest BCUT2D eigenvalue weighted by Crippen LogP contribution is -2.42. The second-order valence-electron chi connectivity index (χ2n) is 5.73. The van der Waals surface area contributed by atoms with Crippen LogP contribution in [0, 0.1) is 12.7 Å². The molecule has 0 atom stereocenters. The van der Waals surface area contributed by atoms with Gasteiger partial charge in [-0.2, -0.15) is 0 Å². The minimum Gasteiger partial charge on any atom is -0.339 e. The molecule has 1 aromatic carbocycles. The van der Waals surface area contributed by atoms with E-state index in [0.717, 1.165) is 31.2 Å². The highest BCUT2D eigenvalue weighted by molar-refractivity contribution is 5.94. The minimum atomic E-state index is -0.347. The highest BCUT2D eigenvalue weighted by atomic mass is 19.1. The van der Waals surface area contributed by atoms with Gasteiger partial charge in [-0.15, -0.1) is 0 Å². The average Bonchev–Trinajstić information content (AvgIpc) is 2.45. The Morgan fingerprint density at radius 1 is 1.25 bits per heavy atom. The van der Waals surface area contributed by atoms with Crippen LogP contribution < -0.4 is 5.32 Å². The molecular weight excluding hydrogens is 255 g/mol. The van der Waals surface area contributed by atoms with Gasteiger partial charge in [0, 0.05) is 24.7 Å². The molecule has 0 aromatic heterocycles. The van der Waals surface area contributed by atoms with E-state index in [9.17, 15) is 9.18 Å². The molecule has 0 saturated heterocycles. The first-order valence-corrected chi connectivity index (χ1v) is 7.23. The van der Waals surface area contributed by atoms with Gasteiger partial charge in [-0.3, -0.25) is 4.79 Å². The molecule has 1 N–H and O–H groups in total. The van der Waals surface area contributed by atoms with Gasteiger partial charge in [0.05, 0.1) is 0 Å². The maximum absolute atomic E-state index is 13.4. The Bertz CT molecular complexity index is 461. The zero-order valence-corrected chi connectivity index (χ0v) is 12.4. The fourth-order valence-corrected chi connectivity index (χ4v) is 2.98. The lowest BCUT2D eigenvalue weighted by molar-refractivity contribution is 0.0685. The Hall–Kier alpha value is -1.42. The Kier molecular flexibility index (Phi) is 4.76. The van der Waals surface area contributed by atoms with E-state index in [1.54, 1.807) is 17.9 Å². The van der Waals surface area contributed by atoms with E-state index in [0.29, 0.717) is 11.6 Å². The van der Waals surface area contributed by atoms with Gasteiger partial charge >= 0.3 is 0 Å². The quantitative estimate of drug-likeness (QED) is 0.922. The van der Waals surface area contributed by atoms with Crippen molar-refractivity contribution in [2.45, 2.75) is 44.7 Å². The van der Waals surface area contributed by atoms with E-state index >= 15 is 0 Å². The van der Waals surface area contributed by atoms with Crippen LogP contribution in [0.3, 0.4) is 0 Å². The van der Waals surface area contributed by atoms with Crippen molar-refractivity contribution in [2.75, 3.05) is 14.1 Å². The van der Waals surface area contributed by atoms with Crippen LogP contribution in [0.25, 0.3) is 0 Å². The van der Waals surface area contributed by atoms with Crippen LogP contribution in [0.4, 0.5) is 4.39 Å². The lowest BCUT2D eigenvalue weighted by Gasteiger charge is -2.34. The van der Waals surface area contributed by atoms with Crippen LogP contribution >= 0.6 is 0 Å². The van der Waals surface area contributed by atoms with Crippen molar-refractivity contribution in [1.82, 2.24) is 10.2 Å². The van der Waals surface area contributed by atoms with Gasteiger partial charge in [0.1, 0.15) is 5.82 Å². The van der Waals surface area contributed by atoms with Gasteiger partial charge in [-0.1, -0.05) is 0 Å². The summed E-state index contributed by atoms with van der Waals surface area (Å²) in [5.41, 5.74) is 1.22. The first-order chi connectivity index (χ1) is 9.51. The molecule has 4 heteroatoms. The van der Waals surface area contributed by atoms with Gasteiger partial charge < -0.3 is 10.2 Å². The minimum absolute atomic E-state index is 0.0829. The van der Waals surface area contributed by atoms with Crippen molar-refractivity contribution in [3.8, 4) is 0 Å². The summed E-state index contributed by atoms with van der Waals surface area (Å²) in [6, 6.07) is 5.34. The standard InChI is InChI=1S/C16H23FN2O/c1-11-8-12(10-13(17)9-11)16(20)19(3)15-6-4-14(18-2)5-7-15/h8-10,14-15,18H,4-7H2,1-3H3. The third-order valence-corrected chi connectivity index (χ3v) is 4.26. The van der Waals surface area contributed by atoms with Gasteiger partial charge in [0.15, 0.2) is 0 Å². The molecule has 1 saturated carbocycles. The van der Waals surface area contributed by atoms with E-state index in [4.69, 9.17) is 0 Å². The molecule has 0 unspecified atom stereocenters. The zero-order chi connectivity index (χ0) is 14.7. The van der Waals surface area contributed by atoms with Crippen LogP contribution in [0.15, 0.2) is 18.2 Å². The molecule has 1 aliphatic rings. The van der Waals surface area contributed by atoms with E-state index in [1.165, 1.54) is 12.1 Å². The van der Waals surface area contributed by atoms with Crippen molar-refractivity contribution < 1.29 is 9.18 Å². The summed E-state index contributed by atoms with van der Waals surface area (Å²) in [4.78, 5) is 14.2. The van der Waals surface area contributed by atoms with E-state index in [-0.39, 0.29) is 17.8 Å². The van der Waals surface area contributed by atoms with E-state index in [2.05, 4.69) is 5.32 Å². The summed E-state index contributed by atoms with van der Waals surface area (Å²) < 4.78 is 13.4. The summed E-state index contributed by atoms with van der Waals surface area (Å²) in [6.07, 6.45) is 4.17. The molecule has 1 amide bonds. The van der Waals surface area contributed by atoms with Crippen molar-refractivity contribution in [3.63, 3.8) is 0 Å². The monoisotopic (exact) mass is 278 g/mol. The first kappa shape index (κ1) is 15.0. The number of nitrogens with zero attached hydrogens (tertiary/aromatic N) is 1. The summed E-state index contributed by atoms with van der Waals surface area (Å²) in [5.74, 6) is -0.429. The number of hydrogen-bond donors (Lipinski definition) is 1. The van der Waals surface area contributed by atoms with Crippen LogP contribution in [0.2, 0.25) is 0 Å². The Morgan fingerprint density at radius 3 is 2.45 bits per heavy atom. The molecule has 0 radical (unpaired) electrons. The van der Waals surface area contributed by atoms with Crippen molar-refractivity contribution in [3.05, 3.63) is 35.1 Å². The number of carbonyl (C=O) groups excluding carboxylic acids is 1. The molecule has 1 aromatic rings. The van der Waals surface area contributed by atoms with Gasteiger partial charge in [0.2, 0.25) is 0 Å². The van der Waals surface area contributed by atoms with Crippen molar-refractivity contribution in [2.24, 2.45) is 0 Å². The smallest absolute Gasteiger partial charge is 0.253 e. The largest absolute Gasteiger partial charge is 0.339 e. The first-order valence-electron chi connectivity index (χ1n) is 7.23. The zero-order valence-electron chi connectivity index (χ0n) is 12.4. The predicted octanol–water partition coefficient (Wildman–Crippen LogP) is 2.74. The molecule has 0 heterocycles. The molecule has 3 nitrogen and oxygen atoms in total. The van der Waals surface area contributed by atoms with E-state index in [1.807, 2.05) is 14.1 Å². The molecule has 110 valence electrons. The fraction of sp³-hybridized carbons (Fsp3) is 0.562. The van der Waals surface area contributed by atoms with Crippen LogP contribution in [-0.4, -0.2) is 37.0 Å². The highest BCUT2D eigenvalue weighted by Gasteiger charge is 2.26. The maximum Gasteiger partial charge on any atom is 0.253 e. The van der Waals surface area contributed by atoms with Crippen LogP contribution in [0.1, 0.15) is 41.6 Å². The molecular formula is C16H23FN2O. The average molecular weight is 278 g/mol. The Balaban J connectivity index is 2.05. The molecule has 0 bridgehead atoms. The lowest BCUT2D eigenvalue weighted by atomic mass is 9.90. The number of halogens is 1. The molecule has 0 spiro atoms. The highest BCUT2D eigenvalue weighted by Crippen LogP contribution is 2.23. The van der Waals surface area contributed by atoms with Gasteiger partial charge in [-0.25, -0.2) is 4.39 Å². The molecule has 1 aliphatic carbocycles. The SMILES string of the molecule is CNC1CCC(N(C)C(=O)c2cc(C)cc(F)c2)CC1. The Morgan fingerprint density at radius 2 is 1.90 bits per heavy atom. The fourth-order valence-electron chi connectivity index (χ4n) is 2.98. The third kappa shape index (κ3) is 3.37. The molecule has 1 fully saturated rings. The van der Waals surface area contributed by atoms with Crippen molar-refractivity contribution >= 4 is 5.91 Å². The van der Waals surface area contributed by atoms with Crippen LogP contribution in [0.5, 0.6) is 0 Å². The predicted molar refractivity (Wildman–Crippen MR) is 78.3 cm³/mol. The number of amides is 1. The normalized spacial score (nSPS) is 22.6. The number of nitrogens with one attached hydrogen (secondary N) is 1. The topological polar surface area (TPSA) is 32.3 Å². The van der Waals surface area contributed by atoms with E-state index < -0.39 is 0 Å². The number of hydrogen-bond acceptors (Lipinski definition) is 2. The second-order valence-corrected chi connectivity index (χ2v) is 5.73. The summed E-state index contributed by atoms with van der Waals surface area (Å²) in [7, 11) is 3.81. The second kappa shape index (κ2) is 6.35. The van der Waals surface area contributed by atoms with Crippen LogP contribution in [-0.2, 0) is 0 Å².